The summed E-state index contributed by atoms with van der Waals surface area (Å²) in [4.78, 5) is 3.85. The number of hydrogen-bond acceptors (Lipinski definition) is 5. The van der Waals surface area contributed by atoms with Gasteiger partial charge in [-0.25, -0.2) is 13.4 Å². The van der Waals surface area contributed by atoms with E-state index in [-0.39, 0.29) is 16.6 Å². The molecular formula is C11H12ClN3O3S. The second-order valence-electron chi connectivity index (χ2n) is 4.01. The molecule has 0 spiro atoms. The zero-order chi connectivity index (χ0) is 14.0. The molecule has 0 unspecified atom stereocenters. The zero-order valence-electron chi connectivity index (χ0n) is 10.4. The number of aromatic nitrogens is 2. The maximum atomic E-state index is 12.2. The first-order valence-corrected chi connectivity index (χ1v) is 7.21. The predicted molar refractivity (Wildman–Crippen MR) is 69.1 cm³/mol. The minimum absolute atomic E-state index is 0.0830. The molecule has 2 heterocycles. The summed E-state index contributed by atoms with van der Waals surface area (Å²) in [5.41, 5.74) is 0.547. The number of aryl methyl sites for hydroxylation is 1. The molecule has 6 nitrogen and oxygen atoms in total. The minimum Gasteiger partial charge on any atom is -0.361 e. The highest BCUT2D eigenvalue weighted by atomic mass is 35.5. The Morgan fingerprint density at radius 3 is 2.68 bits per heavy atom. The number of hydrogen-bond donors (Lipinski definition) is 0. The molecule has 0 fully saturated rings. The van der Waals surface area contributed by atoms with Crippen LogP contribution in [0.5, 0.6) is 0 Å². The van der Waals surface area contributed by atoms with Gasteiger partial charge >= 0.3 is 0 Å². The van der Waals surface area contributed by atoms with E-state index >= 15 is 0 Å². The van der Waals surface area contributed by atoms with Gasteiger partial charge in [0, 0.05) is 19.3 Å². The Kier molecular flexibility index (Phi) is 3.88. The maximum absolute atomic E-state index is 12.2. The van der Waals surface area contributed by atoms with Gasteiger partial charge in [-0.3, -0.25) is 0 Å². The maximum Gasteiger partial charge on any atom is 0.244 e. The fourth-order valence-electron chi connectivity index (χ4n) is 1.50. The van der Waals surface area contributed by atoms with Crippen LogP contribution in [0.15, 0.2) is 33.8 Å². The highest BCUT2D eigenvalue weighted by Crippen LogP contribution is 2.17. The largest absolute Gasteiger partial charge is 0.361 e. The van der Waals surface area contributed by atoms with Crippen LogP contribution in [-0.2, 0) is 16.6 Å². The summed E-state index contributed by atoms with van der Waals surface area (Å²) in [6, 6.07) is 4.53. The van der Waals surface area contributed by atoms with Crippen molar-refractivity contribution < 1.29 is 12.9 Å². The molecule has 0 aliphatic heterocycles. The highest BCUT2D eigenvalue weighted by Gasteiger charge is 2.22. The van der Waals surface area contributed by atoms with Crippen molar-refractivity contribution in [3.05, 3.63) is 41.0 Å². The molecule has 2 rings (SSSR count). The Labute approximate surface area is 116 Å². The van der Waals surface area contributed by atoms with Crippen LogP contribution >= 0.6 is 11.6 Å². The summed E-state index contributed by atoms with van der Waals surface area (Å²) in [7, 11) is -2.15. The van der Waals surface area contributed by atoms with Gasteiger partial charge in [0.05, 0.1) is 12.2 Å². The predicted octanol–water partition coefficient (Wildman–Crippen LogP) is 1.85. The van der Waals surface area contributed by atoms with Crippen LogP contribution in [0, 0.1) is 6.92 Å². The van der Waals surface area contributed by atoms with E-state index in [0.717, 1.165) is 0 Å². The van der Waals surface area contributed by atoms with Crippen LogP contribution in [0.25, 0.3) is 0 Å². The molecule has 8 heteroatoms. The molecule has 0 N–H and O–H groups in total. The zero-order valence-corrected chi connectivity index (χ0v) is 11.9. The van der Waals surface area contributed by atoms with E-state index in [2.05, 4.69) is 10.1 Å². The Hall–Kier alpha value is -1.44. The fourth-order valence-corrected chi connectivity index (χ4v) is 2.70. The summed E-state index contributed by atoms with van der Waals surface area (Å²) in [6.45, 7) is 1.87. The second kappa shape index (κ2) is 5.28. The topological polar surface area (TPSA) is 76.3 Å². The Bertz CT molecular complexity index is 667. The standard InChI is InChI=1S/C11H12ClN3O3S/c1-8-5-9(14-18-8)7-15(2)19(16,17)10-3-4-11(12)13-6-10/h3-6H,7H2,1-2H3. The third kappa shape index (κ3) is 3.12. The van der Waals surface area contributed by atoms with E-state index in [1.54, 1.807) is 13.0 Å². The number of rotatable bonds is 4. The normalized spacial score (nSPS) is 12.0. The van der Waals surface area contributed by atoms with Crippen LogP contribution < -0.4 is 0 Å². The van der Waals surface area contributed by atoms with E-state index < -0.39 is 10.0 Å². The molecule has 0 aliphatic carbocycles. The van der Waals surface area contributed by atoms with Crippen LogP contribution in [-0.4, -0.2) is 29.9 Å². The third-order valence-corrected chi connectivity index (χ3v) is 4.48. The van der Waals surface area contributed by atoms with Crippen LogP contribution in [0.3, 0.4) is 0 Å². The summed E-state index contributed by atoms with van der Waals surface area (Å²) in [5.74, 6) is 0.633. The molecule has 0 saturated heterocycles. The molecular weight excluding hydrogens is 290 g/mol. The lowest BCUT2D eigenvalue weighted by atomic mass is 10.4. The van der Waals surface area contributed by atoms with Gasteiger partial charge in [0.15, 0.2) is 0 Å². The first kappa shape index (κ1) is 14.0. The quantitative estimate of drug-likeness (QED) is 0.806. The molecule has 0 atom stereocenters. The lowest BCUT2D eigenvalue weighted by molar-refractivity contribution is 0.378. The second-order valence-corrected chi connectivity index (χ2v) is 6.44. The third-order valence-electron chi connectivity index (χ3n) is 2.47. The molecule has 0 saturated carbocycles. The Morgan fingerprint density at radius 2 is 2.16 bits per heavy atom. The molecule has 2 aromatic heterocycles. The summed E-state index contributed by atoms with van der Waals surface area (Å²) >= 11 is 5.63. The summed E-state index contributed by atoms with van der Waals surface area (Å²) in [6.07, 6.45) is 1.22. The highest BCUT2D eigenvalue weighted by molar-refractivity contribution is 7.89. The van der Waals surface area contributed by atoms with E-state index in [0.29, 0.717) is 11.5 Å². The monoisotopic (exact) mass is 301 g/mol. The smallest absolute Gasteiger partial charge is 0.244 e. The first-order valence-electron chi connectivity index (χ1n) is 5.39. The lowest BCUT2D eigenvalue weighted by Gasteiger charge is -2.15. The Balaban J connectivity index is 2.21. The molecule has 102 valence electrons. The molecule has 0 amide bonds. The van der Waals surface area contributed by atoms with Gasteiger partial charge < -0.3 is 4.52 Å². The van der Waals surface area contributed by atoms with Crippen molar-refractivity contribution in [2.45, 2.75) is 18.4 Å². The fraction of sp³-hybridized carbons (Fsp3) is 0.273. The molecule has 0 bridgehead atoms. The first-order chi connectivity index (χ1) is 8.89. The van der Waals surface area contributed by atoms with Crippen LogP contribution in [0.4, 0.5) is 0 Å². The van der Waals surface area contributed by atoms with Gasteiger partial charge in [0.25, 0.3) is 0 Å². The van der Waals surface area contributed by atoms with Gasteiger partial charge in [-0.05, 0) is 19.1 Å². The van der Waals surface area contributed by atoms with Crippen molar-refractivity contribution in [2.24, 2.45) is 0 Å². The minimum atomic E-state index is -3.61. The number of sulfonamides is 1. The van der Waals surface area contributed by atoms with Gasteiger partial charge in [0.1, 0.15) is 15.8 Å². The summed E-state index contributed by atoms with van der Waals surface area (Å²) < 4.78 is 30.6. The van der Waals surface area contributed by atoms with Crippen molar-refractivity contribution in [3.8, 4) is 0 Å². The van der Waals surface area contributed by atoms with E-state index in [9.17, 15) is 8.42 Å². The van der Waals surface area contributed by atoms with Crippen LogP contribution in [0.2, 0.25) is 5.15 Å². The molecule has 19 heavy (non-hydrogen) atoms. The van der Waals surface area contributed by atoms with Crippen LogP contribution in [0.1, 0.15) is 11.5 Å². The molecule has 0 radical (unpaired) electrons. The molecule has 0 aliphatic rings. The average Bonchev–Trinajstić information content (AvgIpc) is 2.75. The number of halogens is 1. The number of nitrogens with zero attached hydrogens (tertiary/aromatic N) is 3. The Morgan fingerprint density at radius 1 is 1.42 bits per heavy atom. The van der Waals surface area contributed by atoms with Gasteiger partial charge in [-0.1, -0.05) is 16.8 Å². The number of pyridine rings is 1. The van der Waals surface area contributed by atoms with E-state index in [4.69, 9.17) is 16.1 Å². The summed E-state index contributed by atoms with van der Waals surface area (Å²) in [5, 5.41) is 4.00. The SMILES string of the molecule is Cc1cc(CN(C)S(=O)(=O)c2ccc(Cl)nc2)no1. The van der Waals surface area contributed by atoms with E-state index in [1.165, 1.54) is 29.7 Å². The van der Waals surface area contributed by atoms with Gasteiger partial charge in [-0.15, -0.1) is 0 Å². The van der Waals surface area contributed by atoms with Crippen molar-refractivity contribution >= 4 is 21.6 Å². The molecule has 2 aromatic rings. The van der Waals surface area contributed by atoms with Gasteiger partial charge in [0.2, 0.25) is 10.0 Å². The van der Waals surface area contributed by atoms with Crippen molar-refractivity contribution in [1.29, 1.82) is 0 Å². The average molecular weight is 302 g/mol. The lowest BCUT2D eigenvalue weighted by Crippen LogP contribution is -2.26. The van der Waals surface area contributed by atoms with Crippen molar-refractivity contribution in [2.75, 3.05) is 7.05 Å². The van der Waals surface area contributed by atoms with Gasteiger partial charge in [-0.2, -0.15) is 4.31 Å². The molecule has 0 aromatic carbocycles. The van der Waals surface area contributed by atoms with E-state index in [1.807, 2.05) is 0 Å². The van der Waals surface area contributed by atoms with Crippen molar-refractivity contribution in [1.82, 2.24) is 14.4 Å². The van der Waals surface area contributed by atoms with Crippen molar-refractivity contribution in [3.63, 3.8) is 0 Å².